The van der Waals surface area contributed by atoms with Gasteiger partial charge in [0.1, 0.15) is 0 Å². The predicted octanol–water partition coefficient (Wildman–Crippen LogP) is -0.114. The Kier molecular flexibility index (Phi) is 13.6. The van der Waals surface area contributed by atoms with Crippen molar-refractivity contribution in [3.8, 4) is 0 Å². The quantitative estimate of drug-likeness (QED) is 0.484. The van der Waals surface area contributed by atoms with Gasteiger partial charge in [-0.2, -0.15) is 8.42 Å². The Morgan fingerprint density at radius 2 is 1.80 bits per heavy atom. The average Bonchev–Trinajstić information content (AvgIpc) is 1.59. The molecule has 0 aromatic carbocycles. The van der Waals surface area contributed by atoms with Gasteiger partial charge in [-0.15, -0.1) is 0 Å². The van der Waals surface area contributed by atoms with Gasteiger partial charge in [-0.3, -0.25) is 4.18 Å². The van der Waals surface area contributed by atoms with Crippen molar-refractivity contribution in [2.75, 3.05) is 12.9 Å². The van der Waals surface area contributed by atoms with Gasteiger partial charge < -0.3 is 6.15 Å². The molecule has 0 fully saturated rings. The van der Waals surface area contributed by atoms with Gasteiger partial charge in [0, 0.05) is 0 Å². The first-order valence-electron chi connectivity index (χ1n) is 2.40. The zero-order valence-corrected chi connectivity index (χ0v) is 6.57. The van der Waals surface area contributed by atoms with Crippen molar-refractivity contribution in [3.05, 3.63) is 0 Å². The first-order chi connectivity index (χ1) is 3.56. The second-order valence-electron chi connectivity index (χ2n) is 1.53. The molecule has 60 valence electrons. The van der Waals surface area contributed by atoms with Crippen LogP contribution in [0.15, 0.2) is 0 Å². The zero-order chi connectivity index (χ0) is 6.62. The van der Waals surface area contributed by atoms with Crippen molar-refractivity contribution in [3.63, 3.8) is 0 Å². The molecule has 0 amide bonds. The molecule has 0 saturated heterocycles. The Balaban J connectivity index is -0.000000245. The minimum atomic E-state index is -3.19. The van der Waals surface area contributed by atoms with Crippen LogP contribution in [-0.4, -0.2) is 50.8 Å². The molecule has 3 N–H and O–H groups in total. The summed E-state index contributed by atoms with van der Waals surface area (Å²) in [4.78, 5) is 0. The Morgan fingerprint density at radius 1 is 1.40 bits per heavy atom. The van der Waals surface area contributed by atoms with Crippen LogP contribution in [0.5, 0.6) is 0 Å². The minimum absolute atomic E-state index is 0. The third kappa shape index (κ3) is 15.9. The predicted molar refractivity (Wildman–Crippen MR) is 43.3 cm³/mol. The summed E-state index contributed by atoms with van der Waals surface area (Å²) in [5.74, 6) is 0. The van der Waals surface area contributed by atoms with Crippen molar-refractivity contribution < 1.29 is 12.6 Å². The van der Waals surface area contributed by atoms with E-state index in [9.17, 15) is 8.42 Å². The molecule has 0 aliphatic rings. The first-order valence-corrected chi connectivity index (χ1v) is 4.22. The summed E-state index contributed by atoms with van der Waals surface area (Å²) in [7, 11) is -3.19. The van der Waals surface area contributed by atoms with Crippen LogP contribution in [0.4, 0.5) is 0 Å². The van der Waals surface area contributed by atoms with Gasteiger partial charge in [0.05, 0.1) is 12.9 Å². The second kappa shape index (κ2) is 7.97. The van der Waals surface area contributed by atoms with Crippen molar-refractivity contribution in [1.82, 2.24) is 6.15 Å². The molecular formula is C4H14NNaO3S. The maximum atomic E-state index is 10.2. The van der Waals surface area contributed by atoms with E-state index in [1.807, 2.05) is 6.92 Å². The summed E-state index contributed by atoms with van der Waals surface area (Å²) < 4.78 is 24.7. The van der Waals surface area contributed by atoms with E-state index in [0.29, 0.717) is 6.61 Å². The van der Waals surface area contributed by atoms with Crippen molar-refractivity contribution in [2.45, 2.75) is 13.3 Å². The van der Waals surface area contributed by atoms with Gasteiger partial charge in [-0.1, -0.05) is 6.92 Å². The molecular weight excluding hydrogens is 165 g/mol. The molecule has 6 heteroatoms. The third-order valence-electron chi connectivity index (χ3n) is 0.502. The average molecular weight is 179 g/mol. The third-order valence-corrected chi connectivity index (χ3v) is 1.10. The van der Waals surface area contributed by atoms with Gasteiger partial charge in [0.2, 0.25) is 0 Å². The summed E-state index contributed by atoms with van der Waals surface area (Å²) in [5, 5.41) is 0. The summed E-state index contributed by atoms with van der Waals surface area (Å²) in [6, 6.07) is 0. The van der Waals surface area contributed by atoms with Gasteiger partial charge in [-0.25, -0.2) is 0 Å². The fraction of sp³-hybridized carbons (Fsp3) is 1.00. The number of hydrogen-bond acceptors (Lipinski definition) is 4. The van der Waals surface area contributed by atoms with Crippen molar-refractivity contribution >= 4 is 39.7 Å². The zero-order valence-electron chi connectivity index (χ0n) is 5.75. The molecule has 0 saturated carbocycles. The van der Waals surface area contributed by atoms with Gasteiger partial charge in [-0.05, 0) is 6.42 Å². The van der Waals surface area contributed by atoms with Crippen LogP contribution >= 0.6 is 0 Å². The van der Waals surface area contributed by atoms with Crippen LogP contribution in [0.1, 0.15) is 13.3 Å². The molecule has 0 bridgehead atoms. The van der Waals surface area contributed by atoms with Gasteiger partial charge >= 0.3 is 29.6 Å². The molecule has 0 rings (SSSR count). The Hall–Kier alpha value is 0.870. The number of rotatable bonds is 3. The van der Waals surface area contributed by atoms with Crippen LogP contribution in [0.3, 0.4) is 0 Å². The molecule has 0 aromatic rings. The molecule has 4 nitrogen and oxygen atoms in total. The molecule has 0 unspecified atom stereocenters. The van der Waals surface area contributed by atoms with Crippen LogP contribution in [0.2, 0.25) is 0 Å². The van der Waals surface area contributed by atoms with E-state index < -0.39 is 10.1 Å². The molecule has 0 radical (unpaired) electrons. The van der Waals surface area contributed by atoms with Crippen LogP contribution in [0, 0.1) is 0 Å². The van der Waals surface area contributed by atoms with E-state index in [0.717, 1.165) is 12.7 Å². The molecule has 0 aromatic heterocycles. The molecule has 0 aliphatic heterocycles. The molecule has 0 atom stereocenters. The van der Waals surface area contributed by atoms with E-state index in [2.05, 4.69) is 4.18 Å². The number of hydrogen-bond donors (Lipinski definition) is 1. The summed E-state index contributed by atoms with van der Waals surface area (Å²) in [6.45, 7) is 2.14. The SMILES string of the molecule is CCCOS(C)(=O)=O.N.[NaH]. The van der Waals surface area contributed by atoms with Crippen molar-refractivity contribution in [1.29, 1.82) is 0 Å². The van der Waals surface area contributed by atoms with E-state index in [1.54, 1.807) is 0 Å². The molecule has 0 heterocycles. The van der Waals surface area contributed by atoms with Gasteiger partial charge in [0.15, 0.2) is 0 Å². The van der Waals surface area contributed by atoms with Crippen LogP contribution < -0.4 is 6.15 Å². The molecule has 10 heavy (non-hydrogen) atoms. The van der Waals surface area contributed by atoms with Gasteiger partial charge in [0.25, 0.3) is 10.1 Å². The van der Waals surface area contributed by atoms with Crippen LogP contribution in [-0.2, 0) is 14.3 Å². The summed E-state index contributed by atoms with van der Waals surface area (Å²) >= 11 is 0. The fourth-order valence-corrected chi connectivity index (χ4v) is 0.704. The van der Waals surface area contributed by atoms with E-state index in [1.165, 1.54) is 0 Å². The van der Waals surface area contributed by atoms with Crippen LogP contribution in [0.25, 0.3) is 0 Å². The van der Waals surface area contributed by atoms with E-state index in [-0.39, 0.29) is 35.7 Å². The summed E-state index contributed by atoms with van der Waals surface area (Å²) in [5.41, 5.74) is 0. The Bertz CT molecular complexity index is 145. The Labute approximate surface area is 84.3 Å². The van der Waals surface area contributed by atoms with Crippen molar-refractivity contribution in [2.24, 2.45) is 0 Å². The molecule has 0 spiro atoms. The van der Waals surface area contributed by atoms with E-state index in [4.69, 9.17) is 0 Å². The Morgan fingerprint density at radius 3 is 1.90 bits per heavy atom. The monoisotopic (exact) mass is 179 g/mol. The van der Waals surface area contributed by atoms with E-state index >= 15 is 0 Å². The normalized spacial score (nSPS) is 9.40. The first kappa shape index (κ1) is 17.1. The second-order valence-corrected chi connectivity index (χ2v) is 3.17. The maximum absolute atomic E-state index is 10.2. The topological polar surface area (TPSA) is 78.4 Å². The summed E-state index contributed by atoms with van der Waals surface area (Å²) in [6.07, 6.45) is 1.77. The standard InChI is InChI=1S/C4H10O3S.H3N.Na.H/c1-3-4-7-8(2,5)6;;;/h3-4H2,1-2H3;1H3;;. The molecule has 0 aliphatic carbocycles. The fourth-order valence-electron chi connectivity index (χ4n) is 0.235.